The molecule has 1 N–H and O–H groups in total. The van der Waals surface area contributed by atoms with Gasteiger partial charge in [-0.2, -0.15) is 0 Å². The summed E-state index contributed by atoms with van der Waals surface area (Å²) in [5.74, 6) is -0.346. The molecule has 0 unspecified atom stereocenters. The summed E-state index contributed by atoms with van der Waals surface area (Å²) in [6, 6.07) is 11.9. The lowest BCUT2D eigenvalue weighted by atomic mass is 10.2. The number of anilines is 1. The van der Waals surface area contributed by atoms with E-state index in [9.17, 15) is 9.59 Å². The van der Waals surface area contributed by atoms with Crippen molar-refractivity contribution in [2.24, 2.45) is 0 Å². The van der Waals surface area contributed by atoms with Crippen LogP contribution < -0.4 is 10.9 Å². The molecule has 5 heteroatoms. The van der Waals surface area contributed by atoms with E-state index in [2.05, 4.69) is 5.32 Å². The van der Waals surface area contributed by atoms with Crippen molar-refractivity contribution in [1.29, 1.82) is 0 Å². The minimum absolute atomic E-state index is 0.0834. The van der Waals surface area contributed by atoms with Gasteiger partial charge in [0.1, 0.15) is 5.88 Å². The Hall–Kier alpha value is -2.07. The highest BCUT2D eigenvalue weighted by Gasteiger charge is 2.01. The van der Waals surface area contributed by atoms with Crippen molar-refractivity contribution in [1.82, 2.24) is 4.57 Å². The molecular weight excluding hydrogens is 252 g/mol. The van der Waals surface area contributed by atoms with Crippen LogP contribution in [0.1, 0.15) is 0 Å². The number of carbonyl (C=O) groups excluding carboxylic acids is 1. The predicted octanol–water partition coefficient (Wildman–Crippen LogP) is 2.01. The number of benzene rings is 1. The van der Waals surface area contributed by atoms with E-state index in [0.717, 1.165) is 5.69 Å². The van der Waals surface area contributed by atoms with Crippen LogP contribution >= 0.6 is 11.6 Å². The number of pyridine rings is 1. The van der Waals surface area contributed by atoms with Crippen LogP contribution in [0.15, 0.2) is 53.5 Å². The van der Waals surface area contributed by atoms with Gasteiger partial charge in [0.15, 0.2) is 0 Å². The molecule has 0 fully saturated rings. The fourth-order valence-electron chi connectivity index (χ4n) is 1.54. The van der Waals surface area contributed by atoms with Crippen LogP contribution in [0.2, 0.25) is 0 Å². The van der Waals surface area contributed by atoms with Crippen molar-refractivity contribution in [2.75, 3.05) is 11.2 Å². The SMILES string of the molecule is O=C(CCl)Nc1ccc(-n2ccccc2=O)cc1. The Kier molecular flexibility index (Phi) is 3.79. The normalized spacial score (nSPS) is 10.1. The van der Waals surface area contributed by atoms with Gasteiger partial charge < -0.3 is 5.32 Å². The van der Waals surface area contributed by atoms with Crippen LogP contribution in [0.25, 0.3) is 5.69 Å². The van der Waals surface area contributed by atoms with Crippen LogP contribution in [0, 0.1) is 0 Å². The highest BCUT2D eigenvalue weighted by atomic mass is 35.5. The third-order valence-electron chi connectivity index (χ3n) is 2.37. The molecule has 2 aromatic rings. The number of alkyl halides is 1. The van der Waals surface area contributed by atoms with Gasteiger partial charge in [-0.15, -0.1) is 11.6 Å². The Balaban J connectivity index is 2.25. The van der Waals surface area contributed by atoms with Crippen molar-refractivity contribution < 1.29 is 4.79 Å². The van der Waals surface area contributed by atoms with Gasteiger partial charge in [-0.25, -0.2) is 0 Å². The molecule has 0 spiro atoms. The number of amides is 1. The number of aromatic nitrogens is 1. The van der Waals surface area contributed by atoms with Crippen LogP contribution in [-0.2, 0) is 4.79 Å². The summed E-state index contributed by atoms with van der Waals surface area (Å²) in [6.45, 7) is 0. The Bertz CT molecular complexity index is 605. The Morgan fingerprint density at radius 3 is 2.50 bits per heavy atom. The van der Waals surface area contributed by atoms with Gasteiger partial charge >= 0.3 is 0 Å². The molecule has 4 nitrogen and oxygen atoms in total. The van der Waals surface area contributed by atoms with Gasteiger partial charge in [-0.05, 0) is 30.3 Å². The quantitative estimate of drug-likeness (QED) is 0.861. The molecule has 0 aliphatic rings. The maximum atomic E-state index is 11.6. The minimum Gasteiger partial charge on any atom is -0.325 e. The van der Waals surface area contributed by atoms with Gasteiger partial charge in [0.2, 0.25) is 5.91 Å². The topological polar surface area (TPSA) is 51.1 Å². The average molecular weight is 263 g/mol. The lowest BCUT2D eigenvalue weighted by Crippen LogP contribution is -2.16. The summed E-state index contributed by atoms with van der Waals surface area (Å²) in [6.07, 6.45) is 1.69. The van der Waals surface area contributed by atoms with Crippen LogP contribution in [0.3, 0.4) is 0 Å². The third-order valence-corrected chi connectivity index (χ3v) is 2.62. The number of nitrogens with zero attached hydrogens (tertiary/aromatic N) is 1. The zero-order valence-corrected chi connectivity index (χ0v) is 10.2. The van der Waals surface area contributed by atoms with E-state index in [-0.39, 0.29) is 17.3 Å². The zero-order valence-electron chi connectivity index (χ0n) is 9.47. The second-order valence-corrected chi connectivity index (χ2v) is 3.90. The number of rotatable bonds is 3. The average Bonchev–Trinajstić information content (AvgIpc) is 2.40. The molecule has 1 amide bonds. The molecule has 0 atom stereocenters. The van der Waals surface area contributed by atoms with Gasteiger partial charge in [0.25, 0.3) is 5.56 Å². The number of halogens is 1. The van der Waals surface area contributed by atoms with Crippen molar-refractivity contribution in [3.8, 4) is 5.69 Å². The first-order chi connectivity index (χ1) is 8.70. The van der Waals surface area contributed by atoms with E-state index in [1.165, 1.54) is 10.6 Å². The minimum atomic E-state index is -0.263. The van der Waals surface area contributed by atoms with Crippen molar-refractivity contribution >= 4 is 23.2 Å². The monoisotopic (exact) mass is 262 g/mol. The van der Waals surface area contributed by atoms with E-state index in [0.29, 0.717) is 5.69 Å². The van der Waals surface area contributed by atoms with E-state index in [1.54, 1.807) is 42.6 Å². The van der Waals surface area contributed by atoms with E-state index in [4.69, 9.17) is 11.6 Å². The molecule has 0 aliphatic carbocycles. The molecule has 0 radical (unpaired) electrons. The summed E-state index contributed by atoms with van der Waals surface area (Å²) in [7, 11) is 0. The lowest BCUT2D eigenvalue weighted by Gasteiger charge is -2.07. The largest absolute Gasteiger partial charge is 0.325 e. The molecule has 1 aromatic heterocycles. The molecule has 92 valence electrons. The molecule has 18 heavy (non-hydrogen) atoms. The molecule has 1 heterocycles. The van der Waals surface area contributed by atoms with E-state index < -0.39 is 0 Å². The summed E-state index contributed by atoms with van der Waals surface area (Å²) in [5.41, 5.74) is 1.29. The number of hydrogen-bond donors (Lipinski definition) is 1. The van der Waals surface area contributed by atoms with Gasteiger partial charge in [0, 0.05) is 23.6 Å². The first-order valence-corrected chi connectivity index (χ1v) is 5.88. The molecule has 0 saturated carbocycles. The van der Waals surface area contributed by atoms with Crippen LogP contribution in [0.4, 0.5) is 5.69 Å². The second kappa shape index (κ2) is 5.51. The van der Waals surface area contributed by atoms with Crippen molar-refractivity contribution in [2.45, 2.75) is 0 Å². The highest BCUT2D eigenvalue weighted by molar-refractivity contribution is 6.29. The summed E-state index contributed by atoms with van der Waals surface area (Å²) < 4.78 is 1.52. The Morgan fingerprint density at radius 2 is 1.89 bits per heavy atom. The molecule has 0 saturated heterocycles. The summed E-state index contributed by atoms with van der Waals surface area (Å²) in [4.78, 5) is 22.7. The third kappa shape index (κ3) is 2.78. The summed E-state index contributed by atoms with van der Waals surface area (Å²) >= 11 is 5.39. The number of carbonyl (C=O) groups is 1. The first-order valence-electron chi connectivity index (χ1n) is 5.34. The lowest BCUT2D eigenvalue weighted by molar-refractivity contribution is -0.113. The van der Waals surface area contributed by atoms with E-state index >= 15 is 0 Å². The standard InChI is InChI=1S/C13H11ClN2O2/c14-9-12(17)15-10-4-6-11(7-5-10)16-8-2-1-3-13(16)18/h1-8H,9H2,(H,15,17). The smallest absolute Gasteiger partial charge is 0.255 e. The van der Waals surface area contributed by atoms with Crippen molar-refractivity contribution in [3.05, 3.63) is 59.0 Å². The van der Waals surface area contributed by atoms with Crippen LogP contribution in [0.5, 0.6) is 0 Å². The Morgan fingerprint density at radius 1 is 1.17 bits per heavy atom. The molecule has 0 bridgehead atoms. The molecule has 2 rings (SSSR count). The predicted molar refractivity (Wildman–Crippen MR) is 71.4 cm³/mol. The van der Waals surface area contributed by atoms with Crippen molar-refractivity contribution in [3.63, 3.8) is 0 Å². The molecule has 1 aromatic carbocycles. The van der Waals surface area contributed by atoms with Gasteiger partial charge in [0.05, 0.1) is 0 Å². The second-order valence-electron chi connectivity index (χ2n) is 3.64. The van der Waals surface area contributed by atoms with Gasteiger partial charge in [-0.1, -0.05) is 6.07 Å². The highest BCUT2D eigenvalue weighted by Crippen LogP contribution is 2.11. The van der Waals surface area contributed by atoms with Gasteiger partial charge in [-0.3, -0.25) is 14.2 Å². The zero-order chi connectivity index (χ0) is 13.0. The van der Waals surface area contributed by atoms with E-state index in [1.807, 2.05) is 0 Å². The summed E-state index contributed by atoms with van der Waals surface area (Å²) in [5, 5.41) is 2.63. The maximum Gasteiger partial charge on any atom is 0.255 e. The van der Waals surface area contributed by atoms with Crippen LogP contribution in [-0.4, -0.2) is 16.4 Å². The number of hydrogen-bond acceptors (Lipinski definition) is 2. The maximum absolute atomic E-state index is 11.6. The fourth-order valence-corrected chi connectivity index (χ4v) is 1.61. The molecular formula is C13H11ClN2O2. The molecule has 0 aliphatic heterocycles. The number of nitrogens with one attached hydrogen (secondary N) is 1. The Labute approximate surface area is 109 Å². The first kappa shape index (κ1) is 12.4. The fraction of sp³-hybridized carbons (Fsp3) is 0.0769.